The molecule has 0 unspecified atom stereocenters. The summed E-state index contributed by atoms with van der Waals surface area (Å²) >= 11 is 5.89. The van der Waals surface area contributed by atoms with Gasteiger partial charge in [-0.1, -0.05) is 13.0 Å². The van der Waals surface area contributed by atoms with E-state index in [1.54, 1.807) is 10.6 Å². The summed E-state index contributed by atoms with van der Waals surface area (Å²) in [5, 5.41) is 3.03. The van der Waals surface area contributed by atoms with Crippen LogP contribution < -0.4 is 10.9 Å². The fraction of sp³-hybridized carbons (Fsp3) is 0.353. The third-order valence-electron chi connectivity index (χ3n) is 4.27. The van der Waals surface area contributed by atoms with Gasteiger partial charge in [-0.05, 0) is 36.6 Å². The zero-order chi connectivity index (χ0) is 20.5. The van der Waals surface area contributed by atoms with Crippen LogP contribution in [0.15, 0.2) is 34.3 Å². The molecule has 0 fully saturated rings. The van der Waals surface area contributed by atoms with Gasteiger partial charge in [0.25, 0.3) is 5.56 Å². The van der Waals surface area contributed by atoms with Gasteiger partial charge in [-0.15, -0.1) is 0 Å². The van der Waals surface area contributed by atoms with Gasteiger partial charge in [-0.3, -0.25) is 9.36 Å². The average Bonchev–Trinajstić information content (AvgIpc) is 2.65. The minimum Gasteiger partial charge on any atom is -0.361 e. The van der Waals surface area contributed by atoms with E-state index in [9.17, 15) is 13.2 Å². The smallest absolute Gasteiger partial charge is 0.295 e. The molecule has 1 N–H and O–H groups in total. The first-order chi connectivity index (χ1) is 13.2. The van der Waals surface area contributed by atoms with Crippen LogP contribution in [0.4, 0.5) is 5.82 Å². The van der Waals surface area contributed by atoms with Gasteiger partial charge in [0.15, 0.2) is 26.3 Å². The molecule has 0 aliphatic heterocycles. The molecule has 0 radical (unpaired) electrons. The summed E-state index contributed by atoms with van der Waals surface area (Å²) in [5.41, 5.74) is 1.20. The molecular weight excluding hydrogens is 404 g/mol. The molecule has 0 aliphatic rings. The molecule has 0 spiro atoms. The van der Waals surface area contributed by atoms with Crippen LogP contribution in [0.25, 0.3) is 11.2 Å². The number of nitrogens with one attached hydrogen (secondary N) is 1. The van der Waals surface area contributed by atoms with Crippen LogP contribution in [0.2, 0.25) is 5.28 Å². The van der Waals surface area contributed by atoms with E-state index in [1.165, 1.54) is 18.5 Å². The lowest BCUT2D eigenvalue weighted by atomic mass is 10.2. The lowest BCUT2D eigenvalue weighted by molar-refractivity contribution is 0.526. The molecule has 28 heavy (non-hydrogen) atoms. The minimum absolute atomic E-state index is 0.00626. The molecule has 0 amide bonds. The van der Waals surface area contributed by atoms with Gasteiger partial charge in [0.1, 0.15) is 5.52 Å². The van der Waals surface area contributed by atoms with Crippen LogP contribution >= 0.6 is 11.6 Å². The quantitative estimate of drug-likeness (QED) is 0.600. The first kappa shape index (κ1) is 20.2. The Balaban J connectivity index is 1.96. The molecule has 11 heteroatoms. The standard InChI is InChI=1S/C17H19ClN6O3S/c1-4-10(2)24-15-12(9-21-17(18)23-15)22-14(16(24)25)20-8-11-5-6-13(19-7-11)28(3,26)27/h5-7,9-10H,4,8H2,1-3H3,(H,20,22)/t10-/m1/s1. The van der Waals surface area contributed by atoms with Gasteiger partial charge in [0, 0.05) is 25.0 Å². The van der Waals surface area contributed by atoms with E-state index in [2.05, 4.69) is 25.3 Å². The molecular formula is C17H19ClN6O3S. The van der Waals surface area contributed by atoms with Crippen molar-refractivity contribution in [3.05, 3.63) is 45.7 Å². The number of halogens is 1. The Hall–Kier alpha value is -2.59. The number of anilines is 1. The van der Waals surface area contributed by atoms with E-state index < -0.39 is 9.84 Å². The highest BCUT2D eigenvalue weighted by molar-refractivity contribution is 7.90. The van der Waals surface area contributed by atoms with Crippen molar-refractivity contribution in [2.24, 2.45) is 0 Å². The van der Waals surface area contributed by atoms with E-state index in [0.717, 1.165) is 12.7 Å². The Kier molecular flexibility index (Phi) is 5.61. The topological polar surface area (TPSA) is 120 Å². The molecule has 1 atom stereocenters. The highest BCUT2D eigenvalue weighted by Gasteiger charge is 2.17. The number of hydrogen-bond donors (Lipinski definition) is 1. The zero-order valence-corrected chi connectivity index (χ0v) is 17.1. The van der Waals surface area contributed by atoms with Crippen molar-refractivity contribution in [2.75, 3.05) is 11.6 Å². The normalized spacial score (nSPS) is 12.9. The first-order valence-corrected chi connectivity index (χ1v) is 10.8. The van der Waals surface area contributed by atoms with E-state index in [1.807, 2.05) is 13.8 Å². The van der Waals surface area contributed by atoms with Crippen molar-refractivity contribution >= 4 is 38.4 Å². The van der Waals surface area contributed by atoms with Gasteiger partial charge in [0.2, 0.25) is 5.28 Å². The summed E-state index contributed by atoms with van der Waals surface area (Å²) in [7, 11) is -3.36. The summed E-state index contributed by atoms with van der Waals surface area (Å²) in [6.45, 7) is 4.13. The molecule has 0 bridgehead atoms. The van der Waals surface area contributed by atoms with E-state index in [-0.39, 0.29) is 34.3 Å². The Morgan fingerprint density at radius 3 is 2.57 bits per heavy atom. The summed E-state index contributed by atoms with van der Waals surface area (Å²) in [5.74, 6) is 0.144. The number of sulfone groups is 1. The monoisotopic (exact) mass is 422 g/mol. The van der Waals surface area contributed by atoms with Gasteiger partial charge in [0.05, 0.1) is 6.20 Å². The van der Waals surface area contributed by atoms with Crippen molar-refractivity contribution in [2.45, 2.75) is 37.9 Å². The Morgan fingerprint density at radius 2 is 1.96 bits per heavy atom. The summed E-state index contributed by atoms with van der Waals surface area (Å²) in [6.07, 6.45) is 4.73. The number of hydrogen-bond acceptors (Lipinski definition) is 8. The molecule has 148 valence electrons. The predicted octanol–water partition coefficient (Wildman–Crippen LogP) is 2.22. The zero-order valence-electron chi connectivity index (χ0n) is 15.5. The third kappa shape index (κ3) is 4.12. The van der Waals surface area contributed by atoms with Gasteiger partial charge < -0.3 is 5.32 Å². The maximum absolute atomic E-state index is 12.9. The van der Waals surface area contributed by atoms with Crippen LogP contribution in [0.5, 0.6) is 0 Å². The Labute approximate surface area is 166 Å². The summed E-state index contributed by atoms with van der Waals surface area (Å²) in [4.78, 5) is 29.3. The van der Waals surface area contributed by atoms with Crippen molar-refractivity contribution in [1.82, 2.24) is 24.5 Å². The van der Waals surface area contributed by atoms with E-state index in [0.29, 0.717) is 16.7 Å². The second-order valence-corrected chi connectivity index (χ2v) is 8.67. The van der Waals surface area contributed by atoms with E-state index >= 15 is 0 Å². The number of nitrogens with zero attached hydrogens (tertiary/aromatic N) is 5. The molecule has 3 aromatic heterocycles. The van der Waals surface area contributed by atoms with Crippen molar-refractivity contribution in [3.8, 4) is 0 Å². The van der Waals surface area contributed by atoms with E-state index in [4.69, 9.17) is 11.6 Å². The van der Waals surface area contributed by atoms with Crippen LogP contribution in [0.3, 0.4) is 0 Å². The number of aromatic nitrogens is 5. The second-order valence-electron chi connectivity index (χ2n) is 6.37. The maximum atomic E-state index is 12.9. The third-order valence-corrected chi connectivity index (χ3v) is 5.45. The van der Waals surface area contributed by atoms with Crippen LogP contribution in [0, 0.1) is 0 Å². The minimum atomic E-state index is -3.36. The molecule has 3 heterocycles. The number of pyridine rings is 1. The molecule has 0 aromatic carbocycles. The van der Waals surface area contributed by atoms with Crippen LogP contribution in [0.1, 0.15) is 31.9 Å². The summed E-state index contributed by atoms with van der Waals surface area (Å²) < 4.78 is 24.5. The molecule has 9 nitrogen and oxygen atoms in total. The predicted molar refractivity (Wildman–Crippen MR) is 106 cm³/mol. The van der Waals surface area contributed by atoms with Gasteiger partial charge >= 0.3 is 0 Å². The highest BCUT2D eigenvalue weighted by atomic mass is 35.5. The number of fused-ring (bicyclic) bond motifs is 1. The fourth-order valence-electron chi connectivity index (χ4n) is 2.61. The fourth-order valence-corrected chi connectivity index (χ4v) is 3.30. The summed E-state index contributed by atoms with van der Waals surface area (Å²) in [6, 6.07) is 2.95. The molecule has 3 aromatic rings. The average molecular weight is 423 g/mol. The largest absolute Gasteiger partial charge is 0.361 e. The molecule has 0 saturated heterocycles. The SMILES string of the molecule is CC[C@@H](C)n1c(=O)c(NCc2ccc(S(C)(=O)=O)nc2)nc2cnc(Cl)nc21. The Morgan fingerprint density at radius 1 is 1.21 bits per heavy atom. The van der Waals surface area contributed by atoms with Gasteiger partial charge in [-0.25, -0.2) is 23.4 Å². The number of rotatable bonds is 6. The van der Waals surface area contributed by atoms with Crippen molar-refractivity contribution in [3.63, 3.8) is 0 Å². The highest BCUT2D eigenvalue weighted by Crippen LogP contribution is 2.18. The first-order valence-electron chi connectivity index (χ1n) is 8.54. The lowest BCUT2D eigenvalue weighted by Crippen LogP contribution is -2.28. The maximum Gasteiger partial charge on any atom is 0.295 e. The molecule has 0 saturated carbocycles. The van der Waals surface area contributed by atoms with Crippen molar-refractivity contribution < 1.29 is 8.42 Å². The van der Waals surface area contributed by atoms with Gasteiger partial charge in [-0.2, -0.15) is 4.98 Å². The Bertz CT molecular complexity index is 1180. The van der Waals surface area contributed by atoms with Crippen LogP contribution in [-0.2, 0) is 16.4 Å². The molecule has 3 rings (SSSR count). The lowest BCUT2D eigenvalue weighted by Gasteiger charge is -2.17. The van der Waals surface area contributed by atoms with Crippen molar-refractivity contribution in [1.29, 1.82) is 0 Å². The second kappa shape index (κ2) is 7.80. The molecule has 0 aliphatic carbocycles. The van der Waals surface area contributed by atoms with Crippen LogP contribution in [-0.4, -0.2) is 39.2 Å².